The Labute approximate surface area is 80.9 Å². The molecule has 0 aliphatic rings. The fraction of sp³-hybridized carbons (Fsp3) is 0. The van der Waals surface area contributed by atoms with E-state index < -0.39 is 12.1 Å². The molecule has 0 heterocycles. The molecule has 0 amide bonds. The van der Waals surface area contributed by atoms with E-state index in [1.54, 1.807) is 18.2 Å². The average Bonchev–Trinajstić information content (AvgIpc) is 2.08. The van der Waals surface area contributed by atoms with Gasteiger partial charge in [0.05, 0.1) is 4.47 Å². The van der Waals surface area contributed by atoms with E-state index >= 15 is 0 Å². The fourth-order valence-corrected chi connectivity index (χ4v) is 1.03. The van der Waals surface area contributed by atoms with E-state index in [-0.39, 0.29) is 5.75 Å². The lowest BCUT2D eigenvalue weighted by atomic mass is 10.3. The Bertz CT molecular complexity index is 334. The van der Waals surface area contributed by atoms with Gasteiger partial charge >= 0.3 is 12.1 Å². The van der Waals surface area contributed by atoms with Crippen LogP contribution in [-0.2, 0) is 0 Å². The van der Waals surface area contributed by atoms with Crippen molar-refractivity contribution in [1.82, 2.24) is 0 Å². The molecule has 0 radical (unpaired) electrons. The highest BCUT2D eigenvalue weighted by molar-refractivity contribution is 9.10. The second-order valence-corrected chi connectivity index (χ2v) is 2.92. The van der Waals surface area contributed by atoms with Gasteiger partial charge in [-0.15, -0.1) is 0 Å². The van der Waals surface area contributed by atoms with Gasteiger partial charge in [0.15, 0.2) is 0 Å². The van der Waals surface area contributed by atoms with Crippen molar-refractivity contribution in [2.75, 3.05) is 0 Å². The van der Waals surface area contributed by atoms with Crippen molar-refractivity contribution in [1.29, 1.82) is 0 Å². The van der Waals surface area contributed by atoms with Gasteiger partial charge in [-0.05, 0) is 28.1 Å². The molecule has 0 saturated carbocycles. The third-order valence-corrected chi connectivity index (χ3v) is 1.84. The maximum atomic E-state index is 12.3. The number of rotatable bonds is 2. The van der Waals surface area contributed by atoms with Gasteiger partial charge in [-0.1, -0.05) is 12.1 Å². The summed E-state index contributed by atoms with van der Waals surface area (Å²) in [5, 5.41) is 0. The van der Waals surface area contributed by atoms with Gasteiger partial charge < -0.3 is 4.74 Å². The molecule has 0 N–H and O–H groups in total. The molecule has 0 atom stereocenters. The Morgan fingerprint density at radius 3 is 2.31 bits per heavy atom. The summed E-state index contributed by atoms with van der Waals surface area (Å²) in [6, 6.07) is 4.24. The van der Waals surface area contributed by atoms with Gasteiger partial charge in [0.1, 0.15) is 5.75 Å². The average molecular weight is 253 g/mol. The molecule has 0 aliphatic carbocycles. The van der Waals surface area contributed by atoms with Crippen molar-refractivity contribution in [3.05, 3.63) is 40.8 Å². The van der Waals surface area contributed by atoms with Crippen molar-refractivity contribution in [3.8, 4) is 5.75 Å². The molecular formula is C8H4BrF3O. The quantitative estimate of drug-likeness (QED) is 0.727. The number of ether oxygens (including phenoxy) is 1. The van der Waals surface area contributed by atoms with Crippen molar-refractivity contribution >= 4 is 15.9 Å². The van der Waals surface area contributed by atoms with Crippen LogP contribution in [0, 0.1) is 0 Å². The van der Waals surface area contributed by atoms with Crippen molar-refractivity contribution in [2.24, 2.45) is 0 Å². The summed E-state index contributed by atoms with van der Waals surface area (Å²) in [5.74, 6) is 0.00722. The molecule has 1 aromatic rings. The van der Waals surface area contributed by atoms with Crippen LogP contribution in [0.1, 0.15) is 0 Å². The topological polar surface area (TPSA) is 9.23 Å². The second kappa shape index (κ2) is 4.32. The third-order valence-electron chi connectivity index (χ3n) is 1.18. The Morgan fingerprint density at radius 1 is 1.15 bits per heavy atom. The van der Waals surface area contributed by atoms with Gasteiger partial charge in [0.25, 0.3) is 0 Å². The minimum atomic E-state index is -2.48. The molecule has 5 heteroatoms. The molecule has 0 spiro atoms. The Kier molecular flexibility index (Phi) is 3.36. The first-order valence-corrected chi connectivity index (χ1v) is 4.03. The third kappa shape index (κ3) is 2.77. The molecular weight excluding hydrogens is 249 g/mol. The molecule has 0 aliphatic heterocycles. The van der Waals surface area contributed by atoms with Crippen LogP contribution in [0.2, 0.25) is 0 Å². The summed E-state index contributed by atoms with van der Waals surface area (Å²) in [4.78, 5) is 0. The predicted molar refractivity (Wildman–Crippen MR) is 45.1 cm³/mol. The first-order valence-electron chi connectivity index (χ1n) is 3.24. The van der Waals surface area contributed by atoms with Crippen LogP contribution in [-0.4, -0.2) is 0 Å². The monoisotopic (exact) mass is 252 g/mol. The molecule has 0 fully saturated rings. The number of halogens is 4. The standard InChI is InChI=1S/C8H4BrF3O/c9-5-3-1-2-4-6(5)13-8(12)7(10)11/h1-4H. The zero-order valence-electron chi connectivity index (χ0n) is 6.23. The lowest BCUT2D eigenvalue weighted by molar-refractivity contribution is 0.240. The SMILES string of the molecule is FC(F)=C(F)Oc1ccccc1Br. The summed E-state index contributed by atoms with van der Waals surface area (Å²) in [6.45, 7) is 0. The summed E-state index contributed by atoms with van der Waals surface area (Å²) < 4.78 is 40.1. The van der Waals surface area contributed by atoms with Crippen LogP contribution >= 0.6 is 15.9 Å². The van der Waals surface area contributed by atoms with E-state index in [0.717, 1.165) is 0 Å². The molecule has 0 unspecified atom stereocenters. The summed E-state index contributed by atoms with van der Waals surface area (Å²) in [5.41, 5.74) is 0. The number of hydrogen-bond acceptors (Lipinski definition) is 1. The molecule has 70 valence electrons. The maximum Gasteiger partial charge on any atom is 0.344 e. The van der Waals surface area contributed by atoms with Gasteiger partial charge in [-0.2, -0.15) is 13.2 Å². The predicted octanol–water partition coefficient (Wildman–Crippen LogP) is 3.86. The van der Waals surface area contributed by atoms with E-state index in [2.05, 4.69) is 20.7 Å². The normalized spacial score (nSPS) is 9.54. The van der Waals surface area contributed by atoms with Gasteiger partial charge in [-0.25, -0.2) is 0 Å². The van der Waals surface area contributed by atoms with Crippen LogP contribution in [0.4, 0.5) is 13.2 Å². The molecule has 0 aromatic heterocycles. The number of benzene rings is 1. The van der Waals surface area contributed by atoms with Crippen molar-refractivity contribution in [3.63, 3.8) is 0 Å². The summed E-state index contributed by atoms with van der Waals surface area (Å²) >= 11 is 3.01. The maximum absolute atomic E-state index is 12.3. The molecule has 0 saturated heterocycles. The van der Waals surface area contributed by atoms with E-state index in [0.29, 0.717) is 4.47 Å². The van der Waals surface area contributed by atoms with Crippen LogP contribution in [0.15, 0.2) is 40.8 Å². The smallest absolute Gasteiger partial charge is 0.344 e. The second-order valence-electron chi connectivity index (χ2n) is 2.07. The first-order chi connectivity index (χ1) is 6.11. The highest BCUT2D eigenvalue weighted by Crippen LogP contribution is 2.27. The summed E-state index contributed by atoms with van der Waals surface area (Å²) in [6.07, 6.45) is -2.48. The number of hydrogen-bond donors (Lipinski definition) is 0. The Hall–Kier alpha value is -0.970. The fourth-order valence-electron chi connectivity index (χ4n) is 0.663. The highest BCUT2D eigenvalue weighted by atomic mass is 79.9. The molecule has 1 nitrogen and oxygen atoms in total. The van der Waals surface area contributed by atoms with Crippen LogP contribution in [0.3, 0.4) is 0 Å². The largest absolute Gasteiger partial charge is 0.427 e. The van der Waals surface area contributed by atoms with Gasteiger partial charge in [-0.3, -0.25) is 0 Å². The lowest BCUT2D eigenvalue weighted by Gasteiger charge is -2.02. The summed E-state index contributed by atoms with van der Waals surface area (Å²) in [7, 11) is 0. The first kappa shape index (κ1) is 10.1. The zero-order valence-corrected chi connectivity index (χ0v) is 7.82. The minimum Gasteiger partial charge on any atom is -0.427 e. The minimum absolute atomic E-state index is 0.00722. The van der Waals surface area contributed by atoms with Crippen LogP contribution in [0.5, 0.6) is 5.75 Å². The zero-order chi connectivity index (χ0) is 9.84. The Morgan fingerprint density at radius 2 is 1.77 bits per heavy atom. The van der Waals surface area contributed by atoms with E-state index in [1.165, 1.54) is 6.07 Å². The lowest BCUT2D eigenvalue weighted by Crippen LogP contribution is -1.90. The highest BCUT2D eigenvalue weighted by Gasteiger charge is 2.09. The van der Waals surface area contributed by atoms with Crippen LogP contribution in [0.25, 0.3) is 0 Å². The van der Waals surface area contributed by atoms with Crippen molar-refractivity contribution < 1.29 is 17.9 Å². The molecule has 0 bridgehead atoms. The van der Waals surface area contributed by atoms with E-state index in [1.807, 2.05) is 0 Å². The van der Waals surface area contributed by atoms with E-state index in [4.69, 9.17) is 0 Å². The van der Waals surface area contributed by atoms with E-state index in [9.17, 15) is 13.2 Å². The van der Waals surface area contributed by atoms with Crippen LogP contribution < -0.4 is 4.74 Å². The Balaban J connectivity index is 2.87. The molecule has 1 rings (SSSR count). The molecule has 1 aromatic carbocycles. The number of para-hydroxylation sites is 1. The van der Waals surface area contributed by atoms with Crippen molar-refractivity contribution in [2.45, 2.75) is 0 Å². The van der Waals surface area contributed by atoms with Gasteiger partial charge in [0, 0.05) is 0 Å². The molecule has 13 heavy (non-hydrogen) atoms. The van der Waals surface area contributed by atoms with Gasteiger partial charge in [0.2, 0.25) is 0 Å².